The molecule has 2 fully saturated rings. The molecule has 2 aliphatic heterocycles. The highest BCUT2D eigenvalue weighted by Crippen LogP contribution is 2.44. The number of amides is 2. The lowest BCUT2D eigenvalue weighted by molar-refractivity contribution is -0.137. The van der Waals surface area contributed by atoms with E-state index in [1.165, 1.54) is 0 Å². The Morgan fingerprint density at radius 2 is 1.70 bits per heavy atom. The fourth-order valence-electron chi connectivity index (χ4n) is 4.50. The van der Waals surface area contributed by atoms with Crippen molar-refractivity contribution < 1.29 is 24.2 Å². The SMILES string of the molecule is CCCCCCC(=O)NCC(=O)NC[C@H]1[C@@H](C/C=C\CCCC(=O)O)[C@H]2CC[C@@H]1O2. The number of nitrogens with one attached hydrogen (secondary N) is 2. The summed E-state index contributed by atoms with van der Waals surface area (Å²) in [5, 5.41) is 14.4. The van der Waals surface area contributed by atoms with Crippen LogP contribution in [0.15, 0.2) is 12.2 Å². The van der Waals surface area contributed by atoms with Crippen LogP contribution in [0.1, 0.15) is 77.6 Å². The van der Waals surface area contributed by atoms with Crippen LogP contribution in [0, 0.1) is 11.8 Å². The summed E-state index contributed by atoms with van der Waals surface area (Å²) in [6.07, 6.45) is 13.9. The number of rotatable bonds is 15. The molecule has 0 radical (unpaired) electrons. The zero-order valence-electron chi connectivity index (χ0n) is 18.2. The molecule has 2 aliphatic rings. The molecule has 7 heteroatoms. The molecular weight excluding hydrogens is 384 g/mol. The Morgan fingerprint density at radius 1 is 0.933 bits per heavy atom. The van der Waals surface area contributed by atoms with E-state index in [1.807, 2.05) is 0 Å². The molecule has 30 heavy (non-hydrogen) atoms. The number of allylic oxidation sites excluding steroid dienone is 2. The van der Waals surface area contributed by atoms with Crippen LogP contribution in [0.5, 0.6) is 0 Å². The number of carbonyl (C=O) groups excluding carboxylic acids is 2. The Balaban J connectivity index is 1.66. The second-order valence-electron chi connectivity index (χ2n) is 8.50. The summed E-state index contributed by atoms with van der Waals surface area (Å²) >= 11 is 0. The number of hydrogen-bond acceptors (Lipinski definition) is 4. The summed E-state index contributed by atoms with van der Waals surface area (Å²) in [5.74, 6) is -0.291. The molecule has 2 heterocycles. The van der Waals surface area contributed by atoms with Gasteiger partial charge in [-0.1, -0.05) is 38.3 Å². The van der Waals surface area contributed by atoms with Gasteiger partial charge in [-0.15, -0.1) is 0 Å². The van der Waals surface area contributed by atoms with Crippen molar-refractivity contribution >= 4 is 17.8 Å². The number of ether oxygens (including phenoxy) is 1. The standard InChI is InChI=1S/C23H38N2O5/c1-2-3-4-8-11-21(26)25-16-22(27)24-15-18-17(19-13-14-20(18)30-19)10-7-5-6-9-12-23(28)29/h5,7,17-20H,2-4,6,8-16H2,1H3,(H,24,27)(H,25,26)(H,28,29)/b7-5-/t17-,18+,19-,20+/m1/s1. The Morgan fingerprint density at radius 3 is 2.43 bits per heavy atom. The number of hydrogen-bond donors (Lipinski definition) is 3. The van der Waals surface area contributed by atoms with E-state index in [-0.39, 0.29) is 37.0 Å². The van der Waals surface area contributed by atoms with Crippen LogP contribution in [0.3, 0.4) is 0 Å². The van der Waals surface area contributed by atoms with Crippen molar-refractivity contribution in [3.8, 4) is 0 Å². The van der Waals surface area contributed by atoms with Gasteiger partial charge in [-0.25, -0.2) is 0 Å². The van der Waals surface area contributed by atoms with Crippen molar-refractivity contribution in [1.29, 1.82) is 0 Å². The minimum Gasteiger partial charge on any atom is -0.481 e. The summed E-state index contributed by atoms with van der Waals surface area (Å²) in [7, 11) is 0. The highest BCUT2D eigenvalue weighted by molar-refractivity contribution is 5.84. The first kappa shape index (κ1) is 24.4. The second-order valence-corrected chi connectivity index (χ2v) is 8.50. The maximum atomic E-state index is 12.2. The van der Waals surface area contributed by atoms with Crippen LogP contribution in [0.2, 0.25) is 0 Å². The fraction of sp³-hybridized carbons (Fsp3) is 0.783. The van der Waals surface area contributed by atoms with Crippen molar-refractivity contribution in [1.82, 2.24) is 10.6 Å². The number of carboxylic acids is 1. The minimum absolute atomic E-state index is 0.0302. The molecule has 0 aromatic rings. The maximum Gasteiger partial charge on any atom is 0.303 e. The monoisotopic (exact) mass is 422 g/mol. The van der Waals surface area contributed by atoms with Gasteiger partial charge in [-0.05, 0) is 44.4 Å². The summed E-state index contributed by atoms with van der Waals surface area (Å²) in [6.45, 7) is 2.74. The van der Waals surface area contributed by atoms with E-state index in [4.69, 9.17) is 9.84 Å². The van der Waals surface area contributed by atoms with Gasteiger partial charge in [0, 0.05) is 25.3 Å². The largest absolute Gasteiger partial charge is 0.481 e. The first-order valence-electron chi connectivity index (χ1n) is 11.6. The summed E-state index contributed by atoms with van der Waals surface area (Å²) < 4.78 is 6.07. The van der Waals surface area contributed by atoms with E-state index in [0.29, 0.717) is 31.2 Å². The highest BCUT2D eigenvalue weighted by Gasteiger charge is 2.47. The van der Waals surface area contributed by atoms with Crippen LogP contribution in [-0.4, -0.2) is 48.2 Å². The maximum absolute atomic E-state index is 12.2. The van der Waals surface area contributed by atoms with Gasteiger partial charge in [-0.3, -0.25) is 14.4 Å². The first-order valence-corrected chi connectivity index (χ1v) is 11.6. The number of aliphatic carboxylic acids is 1. The van der Waals surface area contributed by atoms with Gasteiger partial charge in [-0.2, -0.15) is 0 Å². The number of unbranched alkanes of at least 4 members (excludes halogenated alkanes) is 4. The Kier molecular flexibility index (Phi) is 10.9. The van der Waals surface area contributed by atoms with Crippen molar-refractivity contribution in [2.75, 3.05) is 13.1 Å². The molecule has 2 rings (SSSR count). The molecule has 3 N–H and O–H groups in total. The predicted octanol–water partition coefficient (Wildman–Crippen LogP) is 3.18. The van der Waals surface area contributed by atoms with Crippen LogP contribution in [0.25, 0.3) is 0 Å². The molecule has 2 saturated heterocycles. The van der Waals surface area contributed by atoms with Gasteiger partial charge in [0.1, 0.15) is 0 Å². The van der Waals surface area contributed by atoms with Gasteiger partial charge in [0.25, 0.3) is 0 Å². The van der Waals surface area contributed by atoms with E-state index in [9.17, 15) is 14.4 Å². The molecule has 7 nitrogen and oxygen atoms in total. The molecule has 170 valence electrons. The zero-order chi connectivity index (χ0) is 21.8. The Hall–Kier alpha value is -1.89. The van der Waals surface area contributed by atoms with E-state index in [1.54, 1.807) is 0 Å². The molecular formula is C23H38N2O5. The van der Waals surface area contributed by atoms with Gasteiger partial charge < -0.3 is 20.5 Å². The summed E-state index contributed by atoms with van der Waals surface area (Å²) in [6, 6.07) is 0. The number of fused-ring (bicyclic) bond motifs is 2. The van der Waals surface area contributed by atoms with Crippen LogP contribution < -0.4 is 10.6 Å². The van der Waals surface area contributed by atoms with Gasteiger partial charge >= 0.3 is 5.97 Å². The third-order valence-corrected chi connectivity index (χ3v) is 6.17. The average Bonchev–Trinajstić information content (AvgIpc) is 3.32. The Labute approximate surface area is 180 Å². The smallest absolute Gasteiger partial charge is 0.303 e. The zero-order valence-corrected chi connectivity index (χ0v) is 18.2. The minimum atomic E-state index is -0.756. The number of carbonyl (C=O) groups is 3. The van der Waals surface area contributed by atoms with Gasteiger partial charge in [0.15, 0.2) is 0 Å². The highest BCUT2D eigenvalue weighted by atomic mass is 16.5. The Bertz CT molecular complexity index is 592. The molecule has 0 saturated carbocycles. The molecule has 0 unspecified atom stereocenters. The topological polar surface area (TPSA) is 105 Å². The molecule has 4 atom stereocenters. The number of carboxylic acid groups (broad SMARTS) is 1. The fourth-order valence-corrected chi connectivity index (χ4v) is 4.50. The molecule has 2 amide bonds. The predicted molar refractivity (Wildman–Crippen MR) is 115 cm³/mol. The summed E-state index contributed by atoms with van der Waals surface area (Å²) in [4.78, 5) is 34.5. The van der Waals surface area contributed by atoms with Crippen LogP contribution in [-0.2, 0) is 19.1 Å². The van der Waals surface area contributed by atoms with E-state index in [0.717, 1.165) is 51.4 Å². The molecule has 2 bridgehead atoms. The third kappa shape index (κ3) is 8.46. The average molecular weight is 423 g/mol. The molecule has 0 aromatic heterocycles. The lowest BCUT2D eigenvalue weighted by Crippen LogP contribution is -2.42. The van der Waals surface area contributed by atoms with E-state index < -0.39 is 5.97 Å². The van der Waals surface area contributed by atoms with E-state index >= 15 is 0 Å². The van der Waals surface area contributed by atoms with Gasteiger partial charge in [0.2, 0.25) is 11.8 Å². The first-order chi connectivity index (χ1) is 14.5. The lowest BCUT2D eigenvalue weighted by atomic mass is 9.77. The lowest BCUT2D eigenvalue weighted by Gasteiger charge is -2.27. The second kappa shape index (κ2) is 13.4. The summed E-state index contributed by atoms with van der Waals surface area (Å²) in [5.41, 5.74) is 0. The normalized spacial score (nSPS) is 25.0. The van der Waals surface area contributed by atoms with Crippen molar-refractivity contribution in [3.05, 3.63) is 12.2 Å². The van der Waals surface area contributed by atoms with Crippen molar-refractivity contribution in [2.24, 2.45) is 11.8 Å². The molecule has 0 aliphatic carbocycles. The van der Waals surface area contributed by atoms with Crippen LogP contribution >= 0.6 is 0 Å². The van der Waals surface area contributed by atoms with Crippen molar-refractivity contribution in [3.63, 3.8) is 0 Å². The van der Waals surface area contributed by atoms with E-state index in [2.05, 4.69) is 29.7 Å². The third-order valence-electron chi connectivity index (χ3n) is 6.17. The molecule has 0 spiro atoms. The van der Waals surface area contributed by atoms with Crippen LogP contribution in [0.4, 0.5) is 0 Å². The van der Waals surface area contributed by atoms with Gasteiger partial charge in [0.05, 0.1) is 18.8 Å². The molecule has 0 aromatic carbocycles. The quantitative estimate of drug-likeness (QED) is 0.278. The van der Waals surface area contributed by atoms with Crippen molar-refractivity contribution in [2.45, 2.75) is 89.8 Å².